The maximum atomic E-state index is 13.4. The van der Waals surface area contributed by atoms with Crippen molar-refractivity contribution in [1.29, 1.82) is 0 Å². The van der Waals surface area contributed by atoms with E-state index in [2.05, 4.69) is 5.32 Å². The van der Waals surface area contributed by atoms with Gasteiger partial charge in [0.15, 0.2) is 16.0 Å². The van der Waals surface area contributed by atoms with Crippen molar-refractivity contribution in [1.82, 2.24) is 0 Å². The number of carboxylic acids is 1. The number of pyridine rings is 1. The molecule has 2 N–H and O–H groups in total. The number of aromatic nitrogens is 1. The van der Waals surface area contributed by atoms with E-state index < -0.39 is 21.7 Å². The van der Waals surface area contributed by atoms with Crippen LogP contribution in [0.2, 0.25) is 0 Å². The molecule has 8 heteroatoms. The van der Waals surface area contributed by atoms with E-state index in [-0.39, 0.29) is 21.9 Å². The number of aryl methyl sites for hydroxylation is 2. The van der Waals surface area contributed by atoms with E-state index >= 15 is 0 Å². The first-order valence-corrected chi connectivity index (χ1v) is 12.5. The third kappa shape index (κ3) is 5.02. The van der Waals surface area contributed by atoms with Crippen molar-refractivity contribution in [3.63, 3.8) is 0 Å². The zero-order valence-electron chi connectivity index (χ0n) is 19.2. The molecule has 3 aromatic carbocycles. The average Bonchev–Trinajstić information content (AvgIpc) is 2.83. The first kappa shape index (κ1) is 24.0. The third-order valence-electron chi connectivity index (χ3n) is 5.73. The zero-order chi connectivity index (χ0) is 25.2. The molecule has 7 nitrogen and oxygen atoms in total. The molecule has 0 atom stereocenters. The van der Waals surface area contributed by atoms with E-state index in [1.807, 2.05) is 36.4 Å². The van der Waals surface area contributed by atoms with Gasteiger partial charge in [0, 0.05) is 23.4 Å². The van der Waals surface area contributed by atoms with Crippen LogP contribution in [0.3, 0.4) is 0 Å². The van der Waals surface area contributed by atoms with Crippen molar-refractivity contribution < 1.29 is 28.0 Å². The number of benzene rings is 3. The maximum Gasteiger partial charge on any atom is 0.213 e. The fourth-order valence-electron chi connectivity index (χ4n) is 4.02. The van der Waals surface area contributed by atoms with Crippen LogP contribution in [0.25, 0.3) is 22.4 Å². The molecule has 0 bridgehead atoms. The number of aromatic carboxylic acids is 1. The minimum Gasteiger partial charge on any atom is -0.545 e. The highest BCUT2D eigenvalue weighted by atomic mass is 32.2. The van der Waals surface area contributed by atoms with Gasteiger partial charge in [-0.2, -0.15) is 0 Å². The maximum absolute atomic E-state index is 13.4. The lowest BCUT2D eigenvalue weighted by molar-refractivity contribution is -0.660. The Hall–Kier alpha value is -4.17. The van der Waals surface area contributed by atoms with Crippen LogP contribution in [0.4, 0.5) is 5.69 Å². The number of carboxylic acid groups (broad SMARTS) is 1. The largest absolute Gasteiger partial charge is 0.545 e. The number of hydrogen-bond acceptors (Lipinski definition) is 6. The summed E-state index contributed by atoms with van der Waals surface area (Å²) in [5, 5.41) is 24.8. The molecule has 35 heavy (non-hydrogen) atoms. The molecule has 0 unspecified atom stereocenters. The quantitative estimate of drug-likeness (QED) is 0.387. The molecule has 0 aliphatic rings. The minimum absolute atomic E-state index is 0.0122. The van der Waals surface area contributed by atoms with E-state index in [1.165, 1.54) is 24.3 Å². The average molecular weight is 489 g/mol. The van der Waals surface area contributed by atoms with E-state index in [9.17, 15) is 23.4 Å². The second-order valence-corrected chi connectivity index (χ2v) is 10.1. The van der Waals surface area contributed by atoms with Gasteiger partial charge in [0.05, 0.1) is 16.4 Å². The summed E-state index contributed by atoms with van der Waals surface area (Å²) in [4.78, 5) is 11.9. The van der Waals surface area contributed by atoms with Gasteiger partial charge in [-0.1, -0.05) is 30.3 Å². The van der Waals surface area contributed by atoms with Crippen molar-refractivity contribution in [2.24, 2.45) is 7.05 Å². The molecule has 0 amide bonds. The fourth-order valence-corrected chi connectivity index (χ4v) is 5.28. The van der Waals surface area contributed by atoms with Crippen LogP contribution < -0.4 is 15.0 Å². The van der Waals surface area contributed by atoms with Gasteiger partial charge < -0.3 is 20.3 Å². The van der Waals surface area contributed by atoms with Crippen LogP contribution in [-0.4, -0.2) is 25.4 Å². The van der Waals surface area contributed by atoms with Gasteiger partial charge >= 0.3 is 0 Å². The molecule has 0 saturated carbocycles. The smallest absolute Gasteiger partial charge is 0.213 e. The Morgan fingerprint density at radius 1 is 0.971 bits per heavy atom. The van der Waals surface area contributed by atoms with Crippen LogP contribution in [0, 0.1) is 6.92 Å². The Morgan fingerprint density at radius 3 is 2.37 bits per heavy atom. The van der Waals surface area contributed by atoms with Crippen LogP contribution in [0.5, 0.6) is 5.75 Å². The lowest BCUT2D eigenvalue weighted by Crippen LogP contribution is -2.30. The summed E-state index contributed by atoms with van der Waals surface area (Å²) < 4.78 is 28.5. The SMILES string of the molecule is Cc1cc(-c2ccccc2)cc(C(=O)[O-])c1NCS(=O)(=O)c1ccc(O)cc1-c1cccc[n+]1C. The van der Waals surface area contributed by atoms with Gasteiger partial charge in [-0.25, -0.2) is 13.0 Å². The summed E-state index contributed by atoms with van der Waals surface area (Å²) >= 11 is 0. The van der Waals surface area contributed by atoms with E-state index in [0.29, 0.717) is 22.4 Å². The van der Waals surface area contributed by atoms with Gasteiger partial charge in [-0.3, -0.25) is 0 Å². The number of carbonyl (C=O) groups is 1. The summed E-state index contributed by atoms with van der Waals surface area (Å²) in [6.45, 7) is 1.71. The third-order valence-corrected chi connectivity index (χ3v) is 7.28. The van der Waals surface area contributed by atoms with Crippen LogP contribution in [0.1, 0.15) is 15.9 Å². The van der Waals surface area contributed by atoms with Crippen LogP contribution >= 0.6 is 0 Å². The fraction of sp³-hybridized carbons (Fsp3) is 0.111. The number of aromatic hydroxyl groups is 1. The Bertz CT molecular complexity index is 1520. The summed E-state index contributed by atoms with van der Waals surface area (Å²) in [5.41, 5.74) is 3.08. The highest BCUT2D eigenvalue weighted by molar-refractivity contribution is 7.91. The number of sulfone groups is 1. The number of rotatable bonds is 7. The summed E-state index contributed by atoms with van der Waals surface area (Å²) in [7, 11) is -2.17. The van der Waals surface area contributed by atoms with Crippen molar-refractivity contribution in [2.45, 2.75) is 11.8 Å². The normalized spacial score (nSPS) is 11.3. The summed E-state index contributed by atoms with van der Waals surface area (Å²) in [6, 6.07) is 22.0. The molecule has 0 aliphatic carbocycles. The number of phenols is 1. The van der Waals surface area contributed by atoms with Gasteiger partial charge in [0.25, 0.3) is 0 Å². The molecule has 4 rings (SSSR count). The molecule has 178 valence electrons. The second-order valence-electron chi connectivity index (χ2n) is 8.18. The number of nitrogens with zero attached hydrogens (tertiary/aromatic N) is 1. The minimum atomic E-state index is -3.94. The molecule has 0 spiro atoms. The van der Waals surface area contributed by atoms with Crippen molar-refractivity contribution >= 4 is 21.5 Å². The summed E-state index contributed by atoms with van der Waals surface area (Å²) in [6.07, 6.45) is 1.78. The lowest BCUT2D eigenvalue weighted by atomic mass is 9.98. The standard InChI is InChI=1S/C27H24N2O5S/c1-18-14-20(19-8-4-3-5-9-19)15-23(27(31)32)26(18)28-17-35(33,34)25-12-11-21(30)16-22(25)24-10-6-7-13-29(24)2/h3-16,28H,17H2,1-2H3,(H-,30,31,32). The number of carbonyl (C=O) groups excluding carboxylic acids is 1. The van der Waals surface area contributed by atoms with Crippen LogP contribution in [0.15, 0.2) is 90.0 Å². The van der Waals surface area contributed by atoms with Gasteiger partial charge in [0.1, 0.15) is 18.7 Å². The highest BCUT2D eigenvalue weighted by Crippen LogP contribution is 2.32. The molecule has 4 aromatic rings. The van der Waals surface area contributed by atoms with Crippen molar-refractivity contribution in [3.8, 4) is 28.1 Å². The van der Waals surface area contributed by atoms with Gasteiger partial charge in [-0.15, -0.1) is 0 Å². The predicted molar refractivity (Wildman–Crippen MR) is 131 cm³/mol. The number of nitrogens with one attached hydrogen (secondary N) is 1. The molecular formula is C27H24N2O5S. The molecule has 1 heterocycles. The second kappa shape index (κ2) is 9.60. The van der Waals surface area contributed by atoms with Crippen molar-refractivity contribution in [3.05, 3.63) is 96.2 Å². The first-order valence-electron chi connectivity index (χ1n) is 10.8. The lowest BCUT2D eigenvalue weighted by Gasteiger charge is -2.18. The molecule has 0 aliphatic heterocycles. The topological polar surface area (TPSA) is 110 Å². The Kier molecular flexibility index (Phi) is 6.57. The van der Waals surface area contributed by atoms with Crippen LogP contribution in [-0.2, 0) is 16.9 Å². The predicted octanol–water partition coefficient (Wildman–Crippen LogP) is 3.07. The number of phenolic OH excluding ortho intramolecular Hbond substituents is 1. The molecule has 0 saturated heterocycles. The monoisotopic (exact) mass is 488 g/mol. The molecule has 0 radical (unpaired) electrons. The number of anilines is 1. The van der Waals surface area contributed by atoms with Gasteiger partial charge in [0.2, 0.25) is 5.69 Å². The van der Waals surface area contributed by atoms with E-state index in [4.69, 9.17) is 0 Å². The highest BCUT2D eigenvalue weighted by Gasteiger charge is 2.25. The van der Waals surface area contributed by atoms with Crippen molar-refractivity contribution in [2.75, 3.05) is 11.2 Å². The number of hydrogen-bond donors (Lipinski definition) is 2. The molecule has 1 aromatic heterocycles. The zero-order valence-corrected chi connectivity index (χ0v) is 20.0. The Balaban J connectivity index is 1.72. The Labute approximate surface area is 203 Å². The van der Waals surface area contributed by atoms with Gasteiger partial charge in [-0.05, 0) is 60.0 Å². The van der Waals surface area contributed by atoms with E-state index in [0.717, 1.165) is 5.56 Å². The molecule has 0 fully saturated rings. The first-order chi connectivity index (χ1) is 16.7. The summed E-state index contributed by atoms with van der Waals surface area (Å²) in [5.74, 6) is -2.03. The Morgan fingerprint density at radius 2 is 1.69 bits per heavy atom. The molecular weight excluding hydrogens is 464 g/mol. The van der Waals surface area contributed by atoms with E-state index in [1.54, 1.807) is 42.9 Å².